The van der Waals surface area contributed by atoms with Gasteiger partial charge in [0.25, 0.3) is 0 Å². The highest BCUT2D eigenvalue weighted by molar-refractivity contribution is 7.89. The number of alkyl halides is 1. The Bertz CT molecular complexity index is 348. The molecule has 2 unspecified atom stereocenters. The summed E-state index contributed by atoms with van der Waals surface area (Å²) in [5.74, 6) is 0.536. The maximum Gasteiger partial charge on any atom is 0.214 e. The van der Waals surface area contributed by atoms with E-state index in [0.29, 0.717) is 18.5 Å². The van der Waals surface area contributed by atoms with Gasteiger partial charge in [0.05, 0.1) is 5.75 Å². The van der Waals surface area contributed by atoms with Gasteiger partial charge in [0.15, 0.2) is 0 Å². The van der Waals surface area contributed by atoms with Crippen molar-refractivity contribution >= 4 is 21.6 Å². The topological polar surface area (TPSA) is 40.6 Å². The molecular formula is C12H25ClN2O2S. The van der Waals surface area contributed by atoms with E-state index in [4.69, 9.17) is 11.6 Å². The standard InChI is InChI=1S/C12H25ClN2O2S/c1-4-15-7-5-6-12(15)9-14(3)18(16,17)10-11(2)8-13/h11-12H,4-10H2,1-3H3. The highest BCUT2D eigenvalue weighted by atomic mass is 35.5. The summed E-state index contributed by atoms with van der Waals surface area (Å²) in [4.78, 5) is 2.36. The van der Waals surface area contributed by atoms with E-state index in [1.165, 1.54) is 10.7 Å². The number of sulfonamides is 1. The molecule has 1 fully saturated rings. The smallest absolute Gasteiger partial charge is 0.214 e. The van der Waals surface area contributed by atoms with Crippen molar-refractivity contribution in [3.05, 3.63) is 0 Å². The van der Waals surface area contributed by atoms with Gasteiger partial charge in [-0.05, 0) is 31.8 Å². The van der Waals surface area contributed by atoms with Gasteiger partial charge in [-0.25, -0.2) is 12.7 Å². The summed E-state index contributed by atoms with van der Waals surface area (Å²) in [7, 11) is -1.49. The molecule has 0 aliphatic carbocycles. The summed E-state index contributed by atoms with van der Waals surface area (Å²) in [5.41, 5.74) is 0. The van der Waals surface area contributed by atoms with Gasteiger partial charge in [0.2, 0.25) is 10.0 Å². The molecule has 0 N–H and O–H groups in total. The van der Waals surface area contributed by atoms with E-state index in [-0.39, 0.29) is 11.7 Å². The minimum Gasteiger partial charge on any atom is -0.299 e. The Morgan fingerprint density at radius 3 is 2.72 bits per heavy atom. The molecule has 2 atom stereocenters. The van der Waals surface area contributed by atoms with Crippen LogP contribution in [-0.4, -0.2) is 62.0 Å². The van der Waals surface area contributed by atoms with Gasteiger partial charge in [-0.15, -0.1) is 11.6 Å². The molecule has 0 spiro atoms. The predicted octanol–water partition coefficient (Wildman–Crippen LogP) is 1.61. The van der Waals surface area contributed by atoms with E-state index in [2.05, 4.69) is 11.8 Å². The van der Waals surface area contributed by atoms with Crippen LogP contribution in [0.15, 0.2) is 0 Å². The van der Waals surface area contributed by atoms with Gasteiger partial charge in [-0.1, -0.05) is 13.8 Å². The summed E-state index contributed by atoms with van der Waals surface area (Å²) < 4.78 is 25.8. The predicted molar refractivity (Wildman–Crippen MR) is 76.6 cm³/mol. The van der Waals surface area contributed by atoms with Crippen molar-refractivity contribution in [1.29, 1.82) is 0 Å². The highest BCUT2D eigenvalue weighted by Crippen LogP contribution is 2.19. The van der Waals surface area contributed by atoms with Crippen molar-refractivity contribution in [2.24, 2.45) is 5.92 Å². The van der Waals surface area contributed by atoms with Crippen LogP contribution in [0.5, 0.6) is 0 Å². The SMILES string of the molecule is CCN1CCCC1CN(C)S(=O)(=O)CC(C)CCl. The summed E-state index contributed by atoms with van der Waals surface area (Å²) in [5, 5.41) is 0. The number of likely N-dealkylation sites (N-methyl/N-ethyl adjacent to an activating group) is 2. The van der Waals surface area contributed by atoms with E-state index in [1.807, 2.05) is 6.92 Å². The second-order valence-electron chi connectivity index (χ2n) is 5.24. The van der Waals surface area contributed by atoms with Crippen LogP contribution in [0.3, 0.4) is 0 Å². The van der Waals surface area contributed by atoms with Crippen LogP contribution in [-0.2, 0) is 10.0 Å². The molecule has 108 valence electrons. The number of rotatable bonds is 7. The van der Waals surface area contributed by atoms with Gasteiger partial charge in [-0.2, -0.15) is 0 Å². The number of hydrogen-bond acceptors (Lipinski definition) is 3. The average molecular weight is 297 g/mol. The third kappa shape index (κ3) is 4.37. The maximum atomic E-state index is 12.1. The number of nitrogens with zero attached hydrogens (tertiary/aromatic N) is 2. The zero-order valence-corrected chi connectivity index (χ0v) is 13.2. The van der Waals surface area contributed by atoms with Crippen LogP contribution in [0.2, 0.25) is 0 Å². The third-order valence-corrected chi connectivity index (χ3v) is 6.22. The molecule has 0 amide bonds. The van der Waals surface area contributed by atoms with E-state index in [0.717, 1.165) is 19.5 Å². The summed E-state index contributed by atoms with van der Waals surface area (Å²) >= 11 is 5.69. The zero-order chi connectivity index (χ0) is 13.8. The van der Waals surface area contributed by atoms with E-state index in [9.17, 15) is 8.42 Å². The van der Waals surface area contributed by atoms with Crippen LogP contribution in [0.4, 0.5) is 0 Å². The van der Waals surface area contributed by atoms with Gasteiger partial charge in [0.1, 0.15) is 0 Å². The molecule has 0 aromatic carbocycles. The van der Waals surface area contributed by atoms with E-state index in [1.54, 1.807) is 7.05 Å². The molecule has 4 nitrogen and oxygen atoms in total. The first kappa shape index (κ1) is 16.2. The number of halogens is 1. The Balaban J connectivity index is 2.56. The first-order chi connectivity index (χ1) is 8.40. The van der Waals surface area contributed by atoms with Crippen LogP contribution in [0.25, 0.3) is 0 Å². The van der Waals surface area contributed by atoms with Gasteiger partial charge < -0.3 is 0 Å². The fourth-order valence-corrected chi connectivity index (χ4v) is 4.19. The lowest BCUT2D eigenvalue weighted by Gasteiger charge is -2.27. The Kier molecular flexibility index (Phi) is 6.38. The van der Waals surface area contributed by atoms with Crippen LogP contribution in [0.1, 0.15) is 26.7 Å². The minimum absolute atomic E-state index is 0.00460. The molecule has 1 saturated heterocycles. The molecule has 0 aromatic rings. The summed E-state index contributed by atoms with van der Waals surface area (Å²) in [6.45, 7) is 6.68. The second kappa shape index (κ2) is 7.08. The molecule has 0 saturated carbocycles. The normalized spacial score (nSPS) is 23.7. The molecule has 1 heterocycles. The molecule has 1 rings (SSSR count). The summed E-state index contributed by atoms with van der Waals surface area (Å²) in [6, 6.07) is 0.376. The summed E-state index contributed by atoms with van der Waals surface area (Å²) in [6.07, 6.45) is 2.27. The second-order valence-corrected chi connectivity index (χ2v) is 7.67. The van der Waals surface area contributed by atoms with E-state index < -0.39 is 10.0 Å². The fraction of sp³-hybridized carbons (Fsp3) is 1.00. The van der Waals surface area contributed by atoms with Gasteiger partial charge >= 0.3 is 0 Å². The van der Waals surface area contributed by atoms with Crippen molar-refractivity contribution in [3.63, 3.8) is 0 Å². The lowest BCUT2D eigenvalue weighted by Crippen LogP contribution is -2.42. The van der Waals surface area contributed by atoms with Crippen molar-refractivity contribution in [3.8, 4) is 0 Å². The van der Waals surface area contributed by atoms with Crippen LogP contribution < -0.4 is 0 Å². The van der Waals surface area contributed by atoms with Crippen LogP contribution >= 0.6 is 11.6 Å². The molecule has 1 aliphatic rings. The number of hydrogen-bond donors (Lipinski definition) is 0. The maximum absolute atomic E-state index is 12.1. The highest BCUT2D eigenvalue weighted by Gasteiger charge is 2.28. The minimum atomic E-state index is -3.17. The van der Waals surface area contributed by atoms with Crippen molar-refractivity contribution in [2.75, 3.05) is 38.3 Å². The molecule has 6 heteroatoms. The largest absolute Gasteiger partial charge is 0.299 e. The van der Waals surface area contributed by atoms with E-state index >= 15 is 0 Å². The van der Waals surface area contributed by atoms with Crippen molar-refractivity contribution in [1.82, 2.24) is 9.21 Å². The van der Waals surface area contributed by atoms with Crippen molar-refractivity contribution < 1.29 is 8.42 Å². The number of likely N-dealkylation sites (tertiary alicyclic amines) is 1. The molecule has 18 heavy (non-hydrogen) atoms. The first-order valence-corrected chi connectivity index (χ1v) is 8.79. The Morgan fingerprint density at radius 1 is 1.50 bits per heavy atom. The quantitative estimate of drug-likeness (QED) is 0.670. The monoisotopic (exact) mass is 296 g/mol. The Morgan fingerprint density at radius 2 is 2.17 bits per heavy atom. The molecule has 1 aliphatic heterocycles. The lowest BCUT2D eigenvalue weighted by atomic mass is 10.2. The third-order valence-electron chi connectivity index (χ3n) is 3.61. The average Bonchev–Trinajstić information content (AvgIpc) is 2.75. The lowest BCUT2D eigenvalue weighted by molar-refractivity contribution is 0.237. The van der Waals surface area contributed by atoms with Crippen molar-refractivity contribution in [2.45, 2.75) is 32.7 Å². The molecule has 0 aromatic heterocycles. The Labute approximate surface area is 116 Å². The molecule has 0 bridgehead atoms. The molecular weight excluding hydrogens is 272 g/mol. The van der Waals surface area contributed by atoms with Crippen LogP contribution in [0, 0.1) is 5.92 Å². The zero-order valence-electron chi connectivity index (χ0n) is 11.6. The van der Waals surface area contributed by atoms with Gasteiger partial charge in [-0.3, -0.25) is 4.90 Å². The first-order valence-electron chi connectivity index (χ1n) is 6.64. The molecule has 0 radical (unpaired) electrons. The fourth-order valence-electron chi connectivity index (χ4n) is 2.46. The van der Waals surface area contributed by atoms with Gasteiger partial charge in [0, 0.05) is 25.5 Å². The Hall–Kier alpha value is 0.160.